The molecule has 1 N–H and O–H groups in total. The Labute approximate surface area is 23.3 Å². The number of hydroxylamine groups is 1. The summed E-state index contributed by atoms with van der Waals surface area (Å²) in [6.07, 6.45) is 0. The lowest BCUT2D eigenvalue weighted by Gasteiger charge is -1.81. The minimum Gasteiger partial charge on any atom is -0.286 e. The van der Waals surface area contributed by atoms with E-state index >= 15 is 0 Å². The minimum absolute atomic E-state index is 0.500. The Morgan fingerprint density at radius 2 is 2.00 bits per heavy atom. The fourth-order valence-corrected chi connectivity index (χ4v) is 0. The second kappa shape index (κ2) is 1.20. The molecule has 0 aromatic carbocycles. The predicted molar refractivity (Wildman–Crippen MR) is 10.7 cm³/mol. The highest BCUT2D eigenvalue weighted by atomic mass is 19.2. The Morgan fingerprint density at radius 3 is 2.00 bits per heavy atom. The summed E-state index contributed by atoms with van der Waals surface area (Å²) >= 11 is 0. The summed E-state index contributed by atoms with van der Waals surface area (Å²) in [5, 5.41) is 6.72. The third-order valence-electron chi connectivity index (χ3n) is 0. The van der Waals surface area contributed by atoms with Crippen LogP contribution in [-0.4, -0.2) is 17.5 Å². The molecule has 0 heterocycles. The van der Waals surface area contributed by atoms with Crippen LogP contribution in [0.2, 0.25) is 0 Å². The maximum atomic E-state index is 10.4. The molecule has 0 aliphatic heterocycles. The third kappa shape index (κ3) is 59.4. The van der Waals surface area contributed by atoms with Crippen molar-refractivity contribution in [3.63, 3.8) is 0 Å². The van der Waals surface area contributed by atoms with E-state index in [1.807, 2.05) is 0 Å². The molecule has 0 unspecified atom stereocenters. The third-order valence-corrected chi connectivity index (χ3v) is 0. The van der Waals surface area contributed by atoms with Gasteiger partial charge in [0.15, 0.2) is 0 Å². The molecule has 0 saturated heterocycles. The molecule has 0 amide bonds. The Morgan fingerprint density at radius 1 is 2.00 bits per heavy atom. The SMILES string of the molecule is CN(O)F. The lowest BCUT2D eigenvalue weighted by atomic mass is 11.5. The van der Waals surface area contributed by atoms with E-state index in [4.69, 9.17) is 5.21 Å². The van der Waals surface area contributed by atoms with Gasteiger partial charge in [0.05, 0.1) is 0 Å². The van der Waals surface area contributed by atoms with E-state index in [1.165, 1.54) is 0 Å². The molecule has 0 fully saturated rings. The number of hydrogen-bond acceptors (Lipinski definition) is 2. The van der Waals surface area contributed by atoms with Gasteiger partial charge in [-0.3, -0.25) is 5.21 Å². The van der Waals surface area contributed by atoms with E-state index in [0.29, 0.717) is 0 Å². The molecule has 3 heteroatoms. The van der Waals surface area contributed by atoms with Gasteiger partial charge >= 0.3 is 0 Å². The average Bonchev–Trinajstić information content (AvgIpc) is 0.811. The van der Waals surface area contributed by atoms with Gasteiger partial charge in [-0.2, -0.15) is 0 Å². The first-order chi connectivity index (χ1) is 1.73. The van der Waals surface area contributed by atoms with E-state index in [9.17, 15) is 4.48 Å². The maximum Gasteiger partial charge on any atom is 0.0454 e. The Balaban J connectivity index is 2.32. The van der Waals surface area contributed by atoms with E-state index in [-0.39, 0.29) is 0 Å². The summed E-state index contributed by atoms with van der Waals surface area (Å²) in [6, 6.07) is 0. The molecule has 0 aromatic rings. The van der Waals surface area contributed by atoms with Crippen LogP contribution < -0.4 is 0 Å². The molecule has 0 aromatic heterocycles. The molecule has 0 saturated carbocycles. The van der Waals surface area contributed by atoms with Gasteiger partial charge in [0, 0.05) is 7.05 Å². The number of halogens is 1. The van der Waals surface area contributed by atoms with Crippen LogP contribution in [-0.2, 0) is 0 Å². The summed E-state index contributed by atoms with van der Waals surface area (Å²) in [6.45, 7) is 0. The lowest BCUT2D eigenvalue weighted by molar-refractivity contribution is -0.215. The number of rotatable bonds is 0. The van der Waals surface area contributed by atoms with Gasteiger partial charge in [-0.1, -0.05) is 0 Å². The van der Waals surface area contributed by atoms with E-state index in [2.05, 4.69) is 0 Å². The standard InChI is InChI=1S/CH4FNO/c1-3(2)4/h4H,1H3. The van der Waals surface area contributed by atoms with Crippen molar-refractivity contribution in [2.75, 3.05) is 7.05 Å². The zero-order valence-electron chi connectivity index (χ0n) is 2.27. The van der Waals surface area contributed by atoms with E-state index in [0.717, 1.165) is 7.05 Å². The van der Waals surface area contributed by atoms with Crippen LogP contribution in [0.25, 0.3) is 0 Å². The predicted octanol–water partition coefficient (Wildman–Crippen LogP) is 0.192. The van der Waals surface area contributed by atoms with Gasteiger partial charge in [0.2, 0.25) is 0 Å². The van der Waals surface area contributed by atoms with Crippen molar-refractivity contribution >= 4 is 0 Å². The van der Waals surface area contributed by atoms with Gasteiger partial charge in [-0.05, 0) is 5.29 Å². The first-order valence-electron chi connectivity index (χ1n) is 0.816. The van der Waals surface area contributed by atoms with Gasteiger partial charge in [0.1, 0.15) is 0 Å². The van der Waals surface area contributed by atoms with Crippen LogP contribution in [0.1, 0.15) is 0 Å². The maximum absolute atomic E-state index is 10.4. The van der Waals surface area contributed by atoms with Crippen LogP contribution >= 0.6 is 0 Å². The zero-order valence-corrected chi connectivity index (χ0v) is 2.27. The molecule has 2 nitrogen and oxygen atoms in total. The van der Waals surface area contributed by atoms with Crippen molar-refractivity contribution in [3.05, 3.63) is 0 Å². The van der Waals surface area contributed by atoms with Crippen LogP contribution in [0, 0.1) is 0 Å². The summed E-state index contributed by atoms with van der Waals surface area (Å²) in [7, 11) is 0.889. The molecule has 0 atom stereocenters. The average molecular weight is 65.0 g/mol. The number of nitrogens with zero attached hydrogens (tertiary/aromatic N) is 1. The Bertz CT molecular complexity index is 12.8. The lowest BCUT2D eigenvalue weighted by Crippen LogP contribution is -1.93. The van der Waals surface area contributed by atoms with Crippen molar-refractivity contribution in [1.29, 1.82) is 0 Å². The summed E-state index contributed by atoms with van der Waals surface area (Å²) in [4.78, 5) is 0. The van der Waals surface area contributed by atoms with Crippen molar-refractivity contribution < 1.29 is 9.69 Å². The molecule has 0 aliphatic rings. The molecular formula is CH4FNO. The van der Waals surface area contributed by atoms with Crippen LogP contribution in [0.5, 0.6) is 0 Å². The fourth-order valence-electron chi connectivity index (χ4n) is 0. The molecular weight excluding hydrogens is 61.0 g/mol. The highest BCUT2D eigenvalue weighted by Gasteiger charge is 1.67. The quantitative estimate of drug-likeness (QED) is 0.321. The van der Waals surface area contributed by atoms with Gasteiger partial charge in [0.25, 0.3) is 0 Å². The topological polar surface area (TPSA) is 23.5 Å². The molecule has 0 rings (SSSR count). The monoisotopic (exact) mass is 65.0 g/mol. The smallest absolute Gasteiger partial charge is 0.0454 e. The van der Waals surface area contributed by atoms with Crippen molar-refractivity contribution in [3.8, 4) is 0 Å². The molecule has 0 spiro atoms. The molecule has 0 bridgehead atoms. The molecule has 4 heavy (non-hydrogen) atoms. The van der Waals surface area contributed by atoms with Crippen LogP contribution in [0.3, 0.4) is 0 Å². The van der Waals surface area contributed by atoms with E-state index in [1.54, 1.807) is 0 Å². The Hall–Kier alpha value is -0.150. The highest BCUT2D eigenvalue weighted by Crippen LogP contribution is 1.61. The van der Waals surface area contributed by atoms with Crippen molar-refractivity contribution in [2.45, 2.75) is 0 Å². The van der Waals surface area contributed by atoms with Crippen molar-refractivity contribution in [2.24, 2.45) is 0 Å². The highest BCUT2D eigenvalue weighted by molar-refractivity contribution is 3.67. The van der Waals surface area contributed by atoms with Gasteiger partial charge in [-0.25, -0.2) is 0 Å². The largest absolute Gasteiger partial charge is 0.286 e. The fraction of sp³-hybridized carbons (Fsp3) is 1.00. The molecule has 0 aliphatic carbocycles. The first kappa shape index (κ1) is 3.85. The summed E-state index contributed by atoms with van der Waals surface area (Å²) < 4.78 is 10.4. The van der Waals surface area contributed by atoms with Crippen molar-refractivity contribution in [1.82, 2.24) is 5.29 Å². The normalized spacial score (nSPS) is 9.00. The van der Waals surface area contributed by atoms with E-state index < -0.39 is 5.29 Å². The van der Waals surface area contributed by atoms with Gasteiger partial charge < -0.3 is 0 Å². The van der Waals surface area contributed by atoms with Crippen LogP contribution in [0.4, 0.5) is 4.48 Å². The zero-order chi connectivity index (χ0) is 3.58. The second-order valence-electron chi connectivity index (χ2n) is 0.445. The van der Waals surface area contributed by atoms with Crippen LogP contribution in [0.15, 0.2) is 0 Å². The second-order valence-corrected chi connectivity index (χ2v) is 0.445. The number of hydrogen-bond donors (Lipinski definition) is 1. The first-order valence-corrected chi connectivity index (χ1v) is 0.816. The molecule has 26 valence electrons. The summed E-state index contributed by atoms with van der Waals surface area (Å²) in [5.74, 6) is 0. The summed E-state index contributed by atoms with van der Waals surface area (Å²) in [5.41, 5.74) is 0. The Kier molecular flexibility index (Phi) is 1.16. The van der Waals surface area contributed by atoms with Gasteiger partial charge in [-0.15, -0.1) is 4.48 Å². The molecule has 0 radical (unpaired) electrons. The minimum atomic E-state index is -0.500.